The Balaban J connectivity index is 2.29. The van der Waals surface area contributed by atoms with E-state index in [0.29, 0.717) is 0 Å². The van der Waals surface area contributed by atoms with E-state index in [-0.39, 0.29) is 12.0 Å². The summed E-state index contributed by atoms with van der Waals surface area (Å²) in [5.74, 6) is 0.229. The molecule has 0 aromatic carbocycles. The van der Waals surface area contributed by atoms with Gasteiger partial charge in [0, 0.05) is 28.8 Å². The molecule has 2 unspecified atom stereocenters. The van der Waals surface area contributed by atoms with Crippen LogP contribution in [0.2, 0.25) is 19.6 Å². The second-order valence-electron chi connectivity index (χ2n) is 7.00. The van der Waals surface area contributed by atoms with E-state index in [1.807, 2.05) is 0 Å². The Hall–Kier alpha value is -0.283. The number of hydrogen-bond acceptors (Lipinski definition) is 1. The predicted octanol–water partition coefficient (Wildman–Crippen LogP) is 6.53. The Bertz CT molecular complexity index is 564. The molecule has 0 aromatic heterocycles. The van der Waals surface area contributed by atoms with Gasteiger partial charge in [0.2, 0.25) is 0 Å². The molecule has 0 aromatic rings. The van der Waals surface area contributed by atoms with Crippen LogP contribution in [0.15, 0.2) is 45.0 Å². The second kappa shape index (κ2) is 7.08. The highest BCUT2D eigenvalue weighted by atomic mass is 35.5. The van der Waals surface area contributed by atoms with E-state index < -0.39 is 8.32 Å². The fourth-order valence-corrected chi connectivity index (χ4v) is 5.00. The fourth-order valence-electron chi connectivity index (χ4n) is 3.19. The van der Waals surface area contributed by atoms with Crippen LogP contribution >= 0.6 is 23.2 Å². The van der Waals surface area contributed by atoms with Gasteiger partial charge in [-0.25, -0.2) is 0 Å². The third-order valence-corrected chi connectivity index (χ3v) is 5.85. The molecule has 4 heteroatoms. The summed E-state index contributed by atoms with van der Waals surface area (Å²) in [5.41, 5.74) is 3.71. The minimum Gasteiger partial charge on any atom is -0.411 e. The van der Waals surface area contributed by atoms with Crippen LogP contribution in [0.1, 0.15) is 33.1 Å². The van der Waals surface area contributed by atoms with Crippen LogP contribution in [0.3, 0.4) is 0 Å². The van der Waals surface area contributed by atoms with Gasteiger partial charge in [-0.15, -0.1) is 0 Å². The number of allylic oxidation sites excluding steroid dienone is 6. The van der Waals surface area contributed by atoms with Crippen LogP contribution in [-0.2, 0) is 4.43 Å². The smallest absolute Gasteiger partial charge is 0.184 e. The van der Waals surface area contributed by atoms with Gasteiger partial charge in [0.25, 0.3) is 0 Å². The first-order valence-corrected chi connectivity index (χ1v) is 12.2. The Morgan fingerprint density at radius 1 is 1.18 bits per heavy atom. The summed E-state index contributed by atoms with van der Waals surface area (Å²) in [7, 11) is -1.60. The van der Waals surface area contributed by atoms with Crippen LogP contribution in [-0.4, -0.2) is 14.4 Å². The van der Waals surface area contributed by atoms with Crippen molar-refractivity contribution < 1.29 is 4.43 Å². The Kier molecular flexibility index (Phi) is 5.82. The van der Waals surface area contributed by atoms with Gasteiger partial charge in [0.1, 0.15) is 0 Å². The summed E-state index contributed by atoms with van der Waals surface area (Å²) in [5, 5.41) is 1.88. The van der Waals surface area contributed by atoms with Crippen molar-refractivity contribution in [1.29, 1.82) is 0 Å². The van der Waals surface area contributed by atoms with Crippen LogP contribution < -0.4 is 0 Å². The summed E-state index contributed by atoms with van der Waals surface area (Å²) in [6.07, 6.45) is 9.28. The molecule has 0 aliphatic heterocycles. The molecule has 0 heterocycles. The minimum absolute atomic E-state index is 0.144. The lowest BCUT2D eigenvalue weighted by Gasteiger charge is -2.30. The van der Waals surface area contributed by atoms with Crippen LogP contribution in [0.4, 0.5) is 0 Å². The molecule has 2 aliphatic carbocycles. The lowest BCUT2D eigenvalue weighted by atomic mass is 9.87. The Morgan fingerprint density at radius 2 is 1.86 bits per heavy atom. The number of rotatable bonds is 6. The number of halogens is 2. The highest BCUT2D eigenvalue weighted by Gasteiger charge is 2.32. The van der Waals surface area contributed by atoms with Crippen molar-refractivity contribution in [3.8, 4) is 0 Å². The van der Waals surface area contributed by atoms with Crippen molar-refractivity contribution in [2.45, 2.75) is 58.9 Å². The summed E-state index contributed by atoms with van der Waals surface area (Å²) in [4.78, 5) is 0. The van der Waals surface area contributed by atoms with Gasteiger partial charge >= 0.3 is 0 Å². The molecule has 2 aliphatic rings. The molecule has 22 heavy (non-hydrogen) atoms. The molecule has 0 amide bonds. The normalized spacial score (nSPS) is 21.7. The molecule has 2 atom stereocenters. The quantitative estimate of drug-likeness (QED) is 0.491. The first kappa shape index (κ1) is 18.1. The van der Waals surface area contributed by atoms with Gasteiger partial charge in [0.15, 0.2) is 8.32 Å². The maximum Gasteiger partial charge on any atom is 0.184 e. The molecule has 122 valence electrons. The monoisotopic (exact) mass is 356 g/mol. The van der Waals surface area contributed by atoms with E-state index in [1.165, 1.54) is 16.7 Å². The van der Waals surface area contributed by atoms with E-state index in [9.17, 15) is 0 Å². The second-order valence-corrected chi connectivity index (χ2v) is 12.4. The highest BCUT2D eigenvalue weighted by molar-refractivity contribution is 6.69. The molecular formula is C18H26Cl2OSi. The van der Waals surface area contributed by atoms with Gasteiger partial charge in [0.05, 0.1) is 6.10 Å². The fraction of sp³-hybridized carbons (Fsp3) is 0.556. The zero-order chi connectivity index (χ0) is 16.5. The zero-order valence-corrected chi connectivity index (χ0v) is 16.7. The molecule has 0 saturated heterocycles. The third-order valence-electron chi connectivity index (χ3n) is 4.13. The highest BCUT2D eigenvalue weighted by Crippen LogP contribution is 2.43. The molecule has 0 spiro atoms. The number of hydrogen-bond donors (Lipinski definition) is 0. The third kappa shape index (κ3) is 3.97. The van der Waals surface area contributed by atoms with Crippen molar-refractivity contribution in [2.24, 2.45) is 5.92 Å². The molecule has 0 saturated carbocycles. The maximum atomic E-state index is 6.56. The molecular weight excluding hydrogens is 331 g/mol. The van der Waals surface area contributed by atoms with Gasteiger partial charge in [-0.1, -0.05) is 55.3 Å². The van der Waals surface area contributed by atoms with Gasteiger partial charge in [-0.3, -0.25) is 0 Å². The van der Waals surface area contributed by atoms with E-state index >= 15 is 0 Å². The Morgan fingerprint density at radius 3 is 2.36 bits per heavy atom. The zero-order valence-electron chi connectivity index (χ0n) is 14.2. The van der Waals surface area contributed by atoms with Crippen LogP contribution in [0, 0.1) is 5.92 Å². The summed E-state index contributed by atoms with van der Waals surface area (Å²) >= 11 is 12.9. The SMILES string of the molecule is CCC(O[Si](C)(C)C)C1=CCC(Cl)=C1C(C)C1=C(Cl)CC=C1. The largest absolute Gasteiger partial charge is 0.411 e. The van der Waals surface area contributed by atoms with Crippen LogP contribution in [0.5, 0.6) is 0 Å². The predicted molar refractivity (Wildman–Crippen MR) is 99.9 cm³/mol. The van der Waals surface area contributed by atoms with Crippen LogP contribution in [0.25, 0.3) is 0 Å². The van der Waals surface area contributed by atoms with Gasteiger partial charge in [-0.2, -0.15) is 0 Å². The standard InChI is InChI=1S/C18H26Cl2OSi/c1-6-17(21-22(3,4)5)14-10-11-16(20)18(14)12(2)13-8-7-9-15(13)19/h7-8,10,12,17H,6,9,11H2,1-5H3. The van der Waals surface area contributed by atoms with Gasteiger partial charge in [-0.05, 0) is 42.8 Å². The summed E-state index contributed by atoms with van der Waals surface area (Å²) in [6, 6.07) is 0. The van der Waals surface area contributed by atoms with E-state index in [4.69, 9.17) is 27.6 Å². The molecule has 0 radical (unpaired) electrons. The lowest BCUT2D eigenvalue weighted by molar-refractivity contribution is 0.226. The average molecular weight is 357 g/mol. The first-order chi connectivity index (χ1) is 10.2. The van der Waals surface area contributed by atoms with Crippen molar-refractivity contribution in [3.63, 3.8) is 0 Å². The summed E-state index contributed by atoms with van der Waals surface area (Å²) in [6.45, 7) is 11.1. The summed E-state index contributed by atoms with van der Waals surface area (Å²) < 4.78 is 6.40. The van der Waals surface area contributed by atoms with Gasteiger partial charge < -0.3 is 4.43 Å². The molecule has 2 rings (SSSR count). The minimum atomic E-state index is -1.60. The van der Waals surface area contributed by atoms with Crippen molar-refractivity contribution >= 4 is 31.5 Å². The maximum absolute atomic E-state index is 6.56. The van der Waals surface area contributed by atoms with E-state index in [0.717, 1.165) is 29.3 Å². The Labute approximate surface area is 145 Å². The average Bonchev–Trinajstić information content (AvgIpc) is 3.00. The molecule has 0 bridgehead atoms. The van der Waals surface area contributed by atoms with Crippen molar-refractivity contribution in [1.82, 2.24) is 0 Å². The molecule has 0 fully saturated rings. The first-order valence-electron chi connectivity index (χ1n) is 8.06. The van der Waals surface area contributed by atoms with E-state index in [2.05, 4.69) is 51.7 Å². The topological polar surface area (TPSA) is 9.23 Å². The molecule has 0 N–H and O–H groups in total. The lowest BCUT2D eigenvalue weighted by Crippen LogP contribution is -2.33. The van der Waals surface area contributed by atoms with Crippen molar-refractivity contribution in [2.75, 3.05) is 0 Å². The van der Waals surface area contributed by atoms with Crippen molar-refractivity contribution in [3.05, 3.63) is 45.0 Å². The molecule has 1 nitrogen and oxygen atoms in total. The van der Waals surface area contributed by atoms with E-state index in [1.54, 1.807) is 0 Å².